The second kappa shape index (κ2) is 6.88. The Kier molecular flexibility index (Phi) is 5.44. The third-order valence-corrected chi connectivity index (χ3v) is 5.17. The normalized spacial score (nSPS) is 35.8. The Morgan fingerprint density at radius 1 is 1.26 bits per heavy atom. The fraction of sp³-hybridized carbons (Fsp3) is 0.941. The lowest BCUT2D eigenvalue weighted by atomic mass is 9.68. The van der Waals surface area contributed by atoms with E-state index in [1.165, 1.54) is 19.3 Å². The highest BCUT2D eigenvalue weighted by Gasteiger charge is 2.35. The van der Waals surface area contributed by atoms with Crippen molar-refractivity contribution in [3.8, 4) is 0 Å². The van der Waals surface area contributed by atoms with Crippen LogP contribution in [0, 0.1) is 23.7 Å². The van der Waals surface area contributed by atoms with Crippen molar-refractivity contribution in [3.05, 3.63) is 0 Å². The molecule has 4 atom stereocenters. The summed E-state index contributed by atoms with van der Waals surface area (Å²) in [4.78, 5) is 12.6. The number of hydrogen-bond donors (Lipinski definition) is 0. The third-order valence-electron chi connectivity index (χ3n) is 5.17. The number of ketones is 1. The van der Waals surface area contributed by atoms with Gasteiger partial charge in [-0.3, -0.25) is 4.79 Å². The molecule has 0 unspecified atom stereocenters. The van der Waals surface area contributed by atoms with Gasteiger partial charge in [-0.15, -0.1) is 0 Å². The predicted molar refractivity (Wildman–Crippen MR) is 78.0 cm³/mol. The van der Waals surface area contributed by atoms with Crippen molar-refractivity contribution >= 4 is 5.78 Å². The van der Waals surface area contributed by atoms with Crippen LogP contribution in [0.15, 0.2) is 0 Å². The van der Waals surface area contributed by atoms with Gasteiger partial charge in [0.1, 0.15) is 5.78 Å². The number of Topliss-reactive ketones (excluding diaryl/α,β-unsaturated/α-hetero) is 1. The first-order valence-corrected chi connectivity index (χ1v) is 8.22. The summed E-state index contributed by atoms with van der Waals surface area (Å²) in [6.07, 6.45) is 8.05. The molecule has 0 aromatic heterocycles. The molecule has 1 saturated heterocycles. The van der Waals surface area contributed by atoms with Crippen LogP contribution in [0.2, 0.25) is 0 Å². The number of hydrogen-bond acceptors (Lipinski definition) is 2. The van der Waals surface area contributed by atoms with Crippen LogP contribution in [0.4, 0.5) is 0 Å². The average Bonchev–Trinajstić information content (AvgIpc) is 2.88. The zero-order valence-electron chi connectivity index (χ0n) is 12.9. The molecule has 0 amide bonds. The van der Waals surface area contributed by atoms with Crippen molar-refractivity contribution in [3.63, 3.8) is 0 Å². The summed E-state index contributed by atoms with van der Waals surface area (Å²) in [6.45, 7) is 7.76. The van der Waals surface area contributed by atoms with Gasteiger partial charge >= 0.3 is 0 Å². The smallest absolute Gasteiger partial charge is 0.136 e. The third kappa shape index (κ3) is 4.05. The van der Waals surface area contributed by atoms with Crippen LogP contribution in [0.1, 0.15) is 65.7 Å². The van der Waals surface area contributed by atoms with Crippen molar-refractivity contribution < 1.29 is 9.53 Å². The Balaban J connectivity index is 1.86. The topological polar surface area (TPSA) is 26.3 Å². The molecule has 0 N–H and O–H groups in total. The fourth-order valence-corrected chi connectivity index (χ4v) is 3.93. The lowest BCUT2D eigenvalue weighted by molar-refractivity contribution is -0.127. The highest BCUT2D eigenvalue weighted by molar-refractivity contribution is 5.81. The van der Waals surface area contributed by atoms with Crippen LogP contribution in [-0.4, -0.2) is 18.5 Å². The minimum Gasteiger partial charge on any atom is -0.378 e. The summed E-state index contributed by atoms with van der Waals surface area (Å²) in [6, 6.07) is 0. The molecule has 1 aliphatic carbocycles. The summed E-state index contributed by atoms with van der Waals surface area (Å²) >= 11 is 0. The molecule has 2 nitrogen and oxygen atoms in total. The van der Waals surface area contributed by atoms with E-state index in [9.17, 15) is 4.79 Å². The Morgan fingerprint density at radius 2 is 2.05 bits per heavy atom. The summed E-state index contributed by atoms with van der Waals surface area (Å²) in [5.74, 6) is 2.83. The Bertz CT molecular complexity index is 292. The molecule has 0 radical (unpaired) electrons. The first kappa shape index (κ1) is 15.0. The Labute approximate surface area is 118 Å². The van der Waals surface area contributed by atoms with Gasteiger partial charge < -0.3 is 4.74 Å². The van der Waals surface area contributed by atoms with Crippen molar-refractivity contribution in [2.24, 2.45) is 23.7 Å². The van der Waals surface area contributed by atoms with Crippen LogP contribution >= 0.6 is 0 Å². The molecule has 2 heteroatoms. The van der Waals surface area contributed by atoms with Crippen molar-refractivity contribution in [1.82, 2.24) is 0 Å². The van der Waals surface area contributed by atoms with Gasteiger partial charge in [0.05, 0.1) is 6.10 Å². The quantitative estimate of drug-likeness (QED) is 0.744. The van der Waals surface area contributed by atoms with E-state index in [4.69, 9.17) is 4.74 Å². The van der Waals surface area contributed by atoms with Crippen LogP contribution in [0.5, 0.6) is 0 Å². The Hall–Kier alpha value is -0.370. The molecule has 1 aliphatic heterocycles. The molecule has 0 spiro atoms. The lowest BCUT2D eigenvalue weighted by Crippen LogP contribution is -2.33. The van der Waals surface area contributed by atoms with E-state index in [1.807, 2.05) is 0 Å². The molecule has 2 aliphatic rings. The SMILES string of the molecule is CC(C)[C@@H]1CC[C@@H](C)C[C@H]1C(=O)CC[C@@H]1CCCO1. The molecule has 0 bridgehead atoms. The average molecular weight is 266 g/mol. The zero-order valence-corrected chi connectivity index (χ0v) is 12.9. The molecule has 2 rings (SSSR count). The Morgan fingerprint density at radius 3 is 2.68 bits per heavy atom. The monoisotopic (exact) mass is 266 g/mol. The number of ether oxygens (including phenoxy) is 1. The summed E-state index contributed by atoms with van der Waals surface area (Å²) in [5, 5.41) is 0. The van der Waals surface area contributed by atoms with E-state index < -0.39 is 0 Å². The van der Waals surface area contributed by atoms with Gasteiger partial charge in [0.15, 0.2) is 0 Å². The highest BCUT2D eigenvalue weighted by Crippen LogP contribution is 2.39. The van der Waals surface area contributed by atoms with E-state index in [1.54, 1.807) is 0 Å². The molecule has 2 fully saturated rings. The standard InChI is InChI=1S/C17H30O2/c1-12(2)15-8-6-13(3)11-16(15)17(18)9-7-14-5-4-10-19-14/h12-16H,4-11H2,1-3H3/t13-,14+,15+,16-/m1/s1. The van der Waals surface area contributed by atoms with Crippen LogP contribution in [0.3, 0.4) is 0 Å². The van der Waals surface area contributed by atoms with Gasteiger partial charge in [0.2, 0.25) is 0 Å². The first-order chi connectivity index (χ1) is 9.08. The van der Waals surface area contributed by atoms with Gasteiger partial charge in [-0.1, -0.05) is 27.2 Å². The molecule has 110 valence electrons. The summed E-state index contributed by atoms with van der Waals surface area (Å²) < 4.78 is 5.63. The molecular weight excluding hydrogens is 236 g/mol. The van der Waals surface area contributed by atoms with Crippen molar-refractivity contribution in [2.75, 3.05) is 6.61 Å². The van der Waals surface area contributed by atoms with E-state index in [2.05, 4.69) is 20.8 Å². The summed E-state index contributed by atoms with van der Waals surface area (Å²) in [7, 11) is 0. The first-order valence-electron chi connectivity index (χ1n) is 8.22. The van der Waals surface area contributed by atoms with E-state index in [0.29, 0.717) is 29.6 Å². The maximum Gasteiger partial charge on any atom is 0.136 e. The molecule has 1 saturated carbocycles. The van der Waals surface area contributed by atoms with E-state index >= 15 is 0 Å². The predicted octanol–water partition coefficient (Wildman–Crippen LogP) is 4.22. The van der Waals surface area contributed by atoms with Gasteiger partial charge in [-0.05, 0) is 49.9 Å². The molecule has 0 aromatic rings. The molecule has 0 aromatic carbocycles. The molecule has 1 heterocycles. The number of rotatable bonds is 5. The second-order valence-electron chi connectivity index (χ2n) is 7.07. The van der Waals surface area contributed by atoms with Crippen LogP contribution in [0.25, 0.3) is 0 Å². The van der Waals surface area contributed by atoms with Crippen molar-refractivity contribution in [2.45, 2.75) is 71.8 Å². The maximum atomic E-state index is 12.6. The van der Waals surface area contributed by atoms with Gasteiger partial charge in [0, 0.05) is 18.9 Å². The number of carbonyl (C=O) groups is 1. The number of carbonyl (C=O) groups excluding carboxylic acids is 1. The van der Waals surface area contributed by atoms with E-state index in [0.717, 1.165) is 38.2 Å². The zero-order chi connectivity index (χ0) is 13.8. The van der Waals surface area contributed by atoms with Crippen LogP contribution in [-0.2, 0) is 9.53 Å². The minimum atomic E-state index is 0.324. The van der Waals surface area contributed by atoms with Crippen molar-refractivity contribution in [1.29, 1.82) is 0 Å². The van der Waals surface area contributed by atoms with Gasteiger partial charge in [-0.25, -0.2) is 0 Å². The van der Waals surface area contributed by atoms with Gasteiger partial charge in [-0.2, -0.15) is 0 Å². The molecular formula is C17H30O2. The highest BCUT2D eigenvalue weighted by atomic mass is 16.5. The largest absolute Gasteiger partial charge is 0.378 e. The lowest BCUT2D eigenvalue weighted by Gasteiger charge is -2.36. The minimum absolute atomic E-state index is 0.324. The van der Waals surface area contributed by atoms with Crippen LogP contribution < -0.4 is 0 Å². The second-order valence-corrected chi connectivity index (χ2v) is 7.07. The fourth-order valence-electron chi connectivity index (χ4n) is 3.93. The van der Waals surface area contributed by atoms with Gasteiger partial charge in [0.25, 0.3) is 0 Å². The maximum absolute atomic E-state index is 12.6. The summed E-state index contributed by atoms with van der Waals surface area (Å²) in [5.41, 5.74) is 0. The van der Waals surface area contributed by atoms with E-state index in [-0.39, 0.29) is 0 Å². The molecule has 19 heavy (non-hydrogen) atoms.